The highest BCUT2D eigenvalue weighted by Gasteiger charge is 2.20. The first-order valence-corrected chi connectivity index (χ1v) is 7.26. The highest BCUT2D eigenvalue weighted by molar-refractivity contribution is 5.77. The summed E-state index contributed by atoms with van der Waals surface area (Å²) in [4.78, 5) is 11.6. The maximum absolute atomic E-state index is 11.6. The molecule has 5 heteroatoms. The lowest BCUT2D eigenvalue weighted by Gasteiger charge is -2.08. The van der Waals surface area contributed by atoms with Crippen molar-refractivity contribution in [3.05, 3.63) is 29.8 Å². The molecule has 5 nitrogen and oxygen atoms in total. The molecule has 0 aliphatic heterocycles. The van der Waals surface area contributed by atoms with E-state index in [9.17, 15) is 4.79 Å². The predicted octanol–water partition coefficient (Wildman–Crippen LogP) is 1.87. The van der Waals surface area contributed by atoms with E-state index in [1.54, 1.807) is 24.3 Å². The number of amides is 1. The second-order valence-electron chi connectivity index (χ2n) is 5.12. The van der Waals surface area contributed by atoms with Gasteiger partial charge in [-0.05, 0) is 37.3 Å². The minimum Gasteiger partial charge on any atom is -0.482 e. The molecule has 0 unspecified atom stereocenters. The molecule has 0 atom stereocenters. The average molecular weight is 288 g/mol. The second-order valence-corrected chi connectivity index (χ2v) is 5.12. The zero-order valence-electron chi connectivity index (χ0n) is 12.0. The quantitative estimate of drug-likeness (QED) is 0.704. The monoisotopic (exact) mass is 288 g/mol. The van der Waals surface area contributed by atoms with Crippen molar-refractivity contribution in [2.75, 3.05) is 26.4 Å². The Bertz CT molecular complexity index is 506. The minimum absolute atomic E-state index is 0.0817. The van der Waals surface area contributed by atoms with Crippen LogP contribution in [0, 0.1) is 17.2 Å². The van der Waals surface area contributed by atoms with Crippen LogP contribution in [0.1, 0.15) is 24.8 Å². The van der Waals surface area contributed by atoms with Gasteiger partial charge in [0.15, 0.2) is 6.61 Å². The summed E-state index contributed by atoms with van der Waals surface area (Å²) in [5.74, 6) is 1.01. The Morgan fingerprint density at radius 3 is 2.95 bits per heavy atom. The van der Waals surface area contributed by atoms with Gasteiger partial charge in [-0.15, -0.1) is 0 Å². The van der Waals surface area contributed by atoms with Crippen LogP contribution in [0.3, 0.4) is 0 Å². The average Bonchev–Trinajstić information content (AvgIpc) is 3.33. The predicted molar refractivity (Wildman–Crippen MR) is 77.8 cm³/mol. The summed E-state index contributed by atoms with van der Waals surface area (Å²) in [7, 11) is 0. The first-order valence-electron chi connectivity index (χ1n) is 7.26. The Balaban J connectivity index is 1.55. The van der Waals surface area contributed by atoms with E-state index in [1.807, 2.05) is 6.07 Å². The zero-order valence-corrected chi connectivity index (χ0v) is 12.0. The molecule has 1 aromatic rings. The normalized spacial score (nSPS) is 13.5. The van der Waals surface area contributed by atoms with E-state index in [4.69, 9.17) is 14.7 Å². The van der Waals surface area contributed by atoms with Crippen molar-refractivity contribution in [2.24, 2.45) is 5.92 Å². The number of benzene rings is 1. The fourth-order valence-corrected chi connectivity index (χ4v) is 1.82. The molecule has 1 N–H and O–H groups in total. The number of nitriles is 1. The molecule has 0 radical (unpaired) electrons. The fourth-order valence-electron chi connectivity index (χ4n) is 1.82. The number of ether oxygens (including phenoxy) is 2. The maximum Gasteiger partial charge on any atom is 0.257 e. The van der Waals surface area contributed by atoms with Gasteiger partial charge < -0.3 is 14.8 Å². The van der Waals surface area contributed by atoms with Gasteiger partial charge in [0, 0.05) is 19.8 Å². The van der Waals surface area contributed by atoms with Crippen LogP contribution in [-0.2, 0) is 9.53 Å². The Labute approximate surface area is 124 Å². The van der Waals surface area contributed by atoms with Gasteiger partial charge in [-0.3, -0.25) is 4.79 Å². The van der Waals surface area contributed by atoms with Gasteiger partial charge in [-0.1, -0.05) is 12.1 Å². The molecule has 21 heavy (non-hydrogen) atoms. The van der Waals surface area contributed by atoms with Crippen molar-refractivity contribution in [2.45, 2.75) is 19.3 Å². The Morgan fingerprint density at radius 2 is 2.19 bits per heavy atom. The first-order chi connectivity index (χ1) is 10.3. The molecule has 0 saturated heterocycles. The van der Waals surface area contributed by atoms with E-state index in [1.165, 1.54) is 12.8 Å². The van der Waals surface area contributed by atoms with E-state index in [2.05, 4.69) is 5.32 Å². The Hall–Kier alpha value is -2.06. The Morgan fingerprint density at radius 1 is 1.38 bits per heavy atom. The van der Waals surface area contributed by atoms with Crippen LogP contribution in [0.2, 0.25) is 0 Å². The molecule has 1 amide bonds. The summed E-state index contributed by atoms with van der Waals surface area (Å²) in [5, 5.41) is 11.7. The summed E-state index contributed by atoms with van der Waals surface area (Å²) < 4.78 is 10.8. The molecule has 0 heterocycles. The molecular formula is C16H20N2O3. The van der Waals surface area contributed by atoms with E-state index >= 15 is 0 Å². The van der Waals surface area contributed by atoms with Crippen LogP contribution in [0.15, 0.2) is 24.3 Å². The smallest absolute Gasteiger partial charge is 0.257 e. The number of carbonyl (C=O) groups is 1. The van der Waals surface area contributed by atoms with E-state index in [-0.39, 0.29) is 12.5 Å². The number of nitrogens with zero attached hydrogens (tertiary/aromatic N) is 1. The van der Waals surface area contributed by atoms with Crippen LogP contribution >= 0.6 is 0 Å². The molecule has 112 valence electrons. The van der Waals surface area contributed by atoms with Crippen LogP contribution in [0.5, 0.6) is 5.75 Å². The summed E-state index contributed by atoms with van der Waals surface area (Å²) in [5.41, 5.74) is 0.429. The van der Waals surface area contributed by atoms with Gasteiger partial charge in [0.25, 0.3) is 5.91 Å². The van der Waals surface area contributed by atoms with Crippen molar-refractivity contribution < 1.29 is 14.3 Å². The van der Waals surface area contributed by atoms with Gasteiger partial charge >= 0.3 is 0 Å². The number of nitrogens with one attached hydrogen (secondary N) is 1. The van der Waals surface area contributed by atoms with E-state index < -0.39 is 0 Å². The lowest BCUT2D eigenvalue weighted by Crippen LogP contribution is -2.30. The molecule has 1 fully saturated rings. The molecule has 1 aliphatic rings. The lowest BCUT2D eigenvalue weighted by molar-refractivity contribution is -0.123. The number of para-hydroxylation sites is 1. The maximum atomic E-state index is 11.6. The third kappa shape index (κ3) is 5.84. The summed E-state index contributed by atoms with van der Waals surface area (Å²) >= 11 is 0. The molecule has 2 rings (SSSR count). The molecule has 0 spiro atoms. The van der Waals surface area contributed by atoms with Gasteiger partial charge in [-0.2, -0.15) is 5.26 Å². The highest BCUT2D eigenvalue weighted by Crippen LogP contribution is 2.28. The number of hydrogen-bond acceptors (Lipinski definition) is 4. The standard InChI is InChI=1S/C16H20N2O3/c17-10-14-4-1-2-5-15(14)21-12-16(19)18-8-3-9-20-11-13-6-7-13/h1-2,4-5,13H,3,6-9,11-12H2,(H,18,19). The van der Waals surface area contributed by atoms with Crippen molar-refractivity contribution in [3.8, 4) is 11.8 Å². The summed E-state index contributed by atoms with van der Waals surface area (Å²) in [6, 6.07) is 8.89. The molecular weight excluding hydrogens is 268 g/mol. The molecule has 1 aromatic carbocycles. The SMILES string of the molecule is N#Cc1ccccc1OCC(=O)NCCCOCC1CC1. The van der Waals surface area contributed by atoms with Gasteiger partial charge in [0.05, 0.1) is 5.56 Å². The van der Waals surface area contributed by atoms with Gasteiger partial charge in [-0.25, -0.2) is 0 Å². The van der Waals surface area contributed by atoms with Crippen molar-refractivity contribution in [1.82, 2.24) is 5.32 Å². The van der Waals surface area contributed by atoms with Crippen molar-refractivity contribution >= 4 is 5.91 Å². The minimum atomic E-state index is -0.190. The number of carbonyl (C=O) groups excluding carboxylic acids is 1. The molecule has 1 saturated carbocycles. The Kier molecular flexibility index (Phi) is 6.04. The second kappa shape index (κ2) is 8.28. The number of rotatable bonds is 9. The third-order valence-electron chi connectivity index (χ3n) is 3.20. The van der Waals surface area contributed by atoms with Crippen LogP contribution in [0.4, 0.5) is 0 Å². The summed E-state index contributed by atoms with van der Waals surface area (Å²) in [6.07, 6.45) is 3.38. The third-order valence-corrected chi connectivity index (χ3v) is 3.20. The lowest BCUT2D eigenvalue weighted by atomic mass is 10.2. The number of hydrogen-bond donors (Lipinski definition) is 1. The largest absolute Gasteiger partial charge is 0.482 e. The summed E-state index contributed by atoms with van der Waals surface area (Å²) in [6.45, 7) is 2.02. The van der Waals surface area contributed by atoms with Crippen molar-refractivity contribution in [3.63, 3.8) is 0 Å². The van der Waals surface area contributed by atoms with Crippen molar-refractivity contribution in [1.29, 1.82) is 5.26 Å². The van der Waals surface area contributed by atoms with Crippen LogP contribution in [0.25, 0.3) is 0 Å². The zero-order chi connectivity index (χ0) is 14.9. The van der Waals surface area contributed by atoms with E-state index in [0.29, 0.717) is 24.5 Å². The fraction of sp³-hybridized carbons (Fsp3) is 0.500. The molecule has 0 aromatic heterocycles. The van der Waals surface area contributed by atoms with Crippen LogP contribution in [-0.4, -0.2) is 32.3 Å². The topological polar surface area (TPSA) is 71.3 Å². The first kappa shape index (κ1) is 15.3. The van der Waals surface area contributed by atoms with Gasteiger partial charge in [0.2, 0.25) is 0 Å². The molecule has 0 bridgehead atoms. The van der Waals surface area contributed by atoms with E-state index in [0.717, 1.165) is 18.9 Å². The van der Waals surface area contributed by atoms with Crippen LogP contribution < -0.4 is 10.1 Å². The van der Waals surface area contributed by atoms with Gasteiger partial charge in [0.1, 0.15) is 11.8 Å². The molecule has 1 aliphatic carbocycles. The highest BCUT2D eigenvalue weighted by atomic mass is 16.5.